The summed E-state index contributed by atoms with van der Waals surface area (Å²) < 4.78 is 17.2. The molecule has 0 aliphatic carbocycles. The number of rotatable bonds is 7. The highest BCUT2D eigenvalue weighted by Crippen LogP contribution is 2.45. The first kappa shape index (κ1) is 27.1. The molecule has 0 spiro atoms. The van der Waals surface area contributed by atoms with Gasteiger partial charge in [0.25, 0.3) is 11.7 Å². The molecule has 0 aromatic heterocycles. The lowest BCUT2D eigenvalue weighted by molar-refractivity contribution is -0.132. The Hall–Kier alpha value is -4.46. The molecule has 3 aromatic rings. The quantitative estimate of drug-likeness (QED) is 0.234. The van der Waals surface area contributed by atoms with E-state index >= 15 is 0 Å². The average molecular weight is 543 g/mol. The van der Waals surface area contributed by atoms with Gasteiger partial charge in [-0.3, -0.25) is 14.5 Å². The third-order valence-corrected chi connectivity index (χ3v) is 7.18. The monoisotopic (exact) mass is 542 g/mol. The fourth-order valence-corrected chi connectivity index (χ4v) is 5.14. The van der Waals surface area contributed by atoms with Crippen molar-refractivity contribution in [3.8, 4) is 17.2 Å². The molecule has 8 nitrogen and oxygen atoms in total. The van der Waals surface area contributed by atoms with Gasteiger partial charge in [-0.2, -0.15) is 0 Å². The first-order valence-electron chi connectivity index (χ1n) is 13.5. The standard InChI is InChI=1S/C32H34N2O6/c1-6-38-25-13-9-21(17-24(25)19(2)3)30(35)28-29(20-7-10-22(11-8-20)33(4)5)34(32(37)31(28)36)23-12-14-26-27(18-23)40-16-15-39-26/h7-14,17-19,29,35H,6,15-16H2,1-5H3/b30-28+. The molecular formula is C32H34N2O6. The maximum Gasteiger partial charge on any atom is 0.300 e. The van der Waals surface area contributed by atoms with E-state index in [1.165, 1.54) is 4.90 Å². The summed E-state index contributed by atoms with van der Waals surface area (Å²) in [6.07, 6.45) is 0. The van der Waals surface area contributed by atoms with Crippen molar-refractivity contribution in [2.75, 3.05) is 43.7 Å². The number of ether oxygens (including phenoxy) is 3. The van der Waals surface area contributed by atoms with Gasteiger partial charge in [-0.15, -0.1) is 0 Å². The molecule has 2 aliphatic rings. The third-order valence-electron chi connectivity index (χ3n) is 7.18. The smallest absolute Gasteiger partial charge is 0.300 e. The fourth-order valence-electron chi connectivity index (χ4n) is 5.14. The van der Waals surface area contributed by atoms with Crippen LogP contribution in [0.1, 0.15) is 49.4 Å². The SMILES string of the molecule is CCOc1ccc(/C(O)=C2\C(=O)C(=O)N(c3ccc4c(c3)OCCO4)C2c2ccc(N(C)C)cc2)cc1C(C)C. The lowest BCUT2D eigenvalue weighted by Crippen LogP contribution is -2.29. The summed E-state index contributed by atoms with van der Waals surface area (Å²) in [6.45, 7) is 7.33. The normalized spacial score (nSPS) is 17.9. The highest BCUT2D eigenvalue weighted by Gasteiger charge is 2.47. The number of carbonyl (C=O) groups is 2. The third kappa shape index (κ3) is 4.85. The number of amides is 1. The molecule has 1 saturated heterocycles. The molecule has 1 N–H and O–H groups in total. The Morgan fingerprint density at radius 1 is 1.00 bits per heavy atom. The van der Waals surface area contributed by atoms with E-state index in [9.17, 15) is 14.7 Å². The summed E-state index contributed by atoms with van der Waals surface area (Å²) in [5.41, 5.74) is 3.50. The molecule has 1 fully saturated rings. The molecule has 1 atom stereocenters. The lowest BCUT2D eigenvalue weighted by atomic mass is 9.93. The van der Waals surface area contributed by atoms with Gasteiger partial charge in [-0.25, -0.2) is 0 Å². The molecule has 0 radical (unpaired) electrons. The largest absolute Gasteiger partial charge is 0.507 e. The van der Waals surface area contributed by atoms with E-state index in [0.717, 1.165) is 17.0 Å². The Morgan fingerprint density at radius 2 is 1.70 bits per heavy atom. The van der Waals surface area contributed by atoms with E-state index in [0.29, 0.717) is 48.1 Å². The van der Waals surface area contributed by atoms with E-state index in [-0.39, 0.29) is 17.3 Å². The van der Waals surface area contributed by atoms with Gasteiger partial charge in [0.2, 0.25) is 0 Å². The summed E-state index contributed by atoms with van der Waals surface area (Å²) in [7, 11) is 3.88. The number of aliphatic hydroxyl groups is 1. The zero-order chi connectivity index (χ0) is 28.6. The number of anilines is 2. The van der Waals surface area contributed by atoms with Crippen molar-refractivity contribution in [3.05, 3.63) is 82.9 Å². The van der Waals surface area contributed by atoms with Gasteiger partial charge in [0.1, 0.15) is 24.7 Å². The van der Waals surface area contributed by atoms with Crippen LogP contribution in [0, 0.1) is 0 Å². The number of ketones is 1. The number of fused-ring (bicyclic) bond motifs is 1. The van der Waals surface area contributed by atoms with Crippen LogP contribution >= 0.6 is 0 Å². The molecule has 0 bridgehead atoms. The van der Waals surface area contributed by atoms with Crippen molar-refractivity contribution in [3.63, 3.8) is 0 Å². The number of benzene rings is 3. The zero-order valence-electron chi connectivity index (χ0n) is 23.4. The molecule has 208 valence electrons. The lowest BCUT2D eigenvalue weighted by Gasteiger charge is -2.27. The number of hydrogen-bond donors (Lipinski definition) is 1. The van der Waals surface area contributed by atoms with Crippen molar-refractivity contribution in [2.24, 2.45) is 0 Å². The average Bonchev–Trinajstić information content (AvgIpc) is 3.22. The van der Waals surface area contributed by atoms with Crippen molar-refractivity contribution in [2.45, 2.75) is 32.7 Å². The van der Waals surface area contributed by atoms with E-state index in [2.05, 4.69) is 0 Å². The molecule has 2 heterocycles. The predicted octanol–water partition coefficient (Wildman–Crippen LogP) is 5.67. The minimum atomic E-state index is -0.854. The van der Waals surface area contributed by atoms with Gasteiger partial charge in [-0.1, -0.05) is 26.0 Å². The molecule has 1 amide bonds. The van der Waals surface area contributed by atoms with E-state index in [1.807, 2.05) is 70.1 Å². The van der Waals surface area contributed by atoms with Crippen LogP contribution in [-0.4, -0.2) is 50.7 Å². The van der Waals surface area contributed by atoms with Gasteiger partial charge >= 0.3 is 0 Å². The van der Waals surface area contributed by atoms with Gasteiger partial charge in [0, 0.05) is 37.1 Å². The maximum atomic E-state index is 13.6. The highest BCUT2D eigenvalue weighted by molar-refractivity contribution is 6.51. The minimum Gasteiger partial charge on any atom is -0.507 e. The van der Waals surface area contributed by atoms with Crippen LogP contribution in [-0.2, 0) is 9.59 Å². The second-order valence-corrected chi connectivity index (χ2v) is 10.3. The van der Waals surface area contributed by atoms with Crippen molar-refractivity contribution < 1.29 is 28.9 Å². The summed E-state index contributed by atoms with van der Waals surface area (Å²) in [5, 5.41) is 11.7. The van der Waals surface area contributed by atoms with Gasteiger partial charge in [-0.05, 0) is 66.4 Å². The zero-order valence-corrected chi connectivity index (χ0v) is 23.4. The fraction of sp³-hybridized carbons (Fsp3) is 0.312. The van der Waals surface area contributed by atoms with Gasteiger partial charge in [0.05, 0.1) is 18.2 Å². The topological polar surface area (TPSA) is 88.5 Å². The molecule has 40 heavy (non-hydrogen) atoms. The van der Waals surface area contributed by atoms with Gasteiger partial charge in [0.15, 0.2) is 11.5 Å². The Bertz CT molecular complexity index is 1480. The van der Waals surface area contributed by atoms with Crippen LogP contribution in [0.2, 0.25) is 0 Å². The summed E-state index contributed by atoms with van der Waals surface area (Å²) in [6, 6.07) is 17.3. The summed E-state index contributed by atoms with van der Waals surface area (Å²) in [5.74, 6) is 0.203. The van der Waals surface area contributed by atoms with Crippen molar-refractivity contribution in [1.82, 2.24) is 0 Å². The van der Waals surface area contributed by atoms with Crippen molar-refractivity contribution >= 4 is 28.8 Å². The molecule has 3 aromatic carbocycles. The van der Waals surface area contributed by atoms with Crippen LogP contribution < -0.4 is 24.0 Å². The molecular weight excluding hydrogens is 508 g/mol. The first-order chi connectivity index (χ1) is 19.2. The van der Waals surface area contributed by atoms with E-state index in [4.69, 9.17) is 14.2 Å². The Balaban J connectivity index is 1.68. The predicted molar refractivity (Wildman–Crippen MR) is 155 cm³/mol. The Kier molecular flexibility index (Phi) is 7.43. The van der Waals surface area contributed by atoms with Crippen molar-refractivity contribution in [1.29, 1.82) is 0 Å². The number of carbonyl (C=O) groups excluding carboxylic acids is 2. The number of hydrogen-bond acceptors (Lipinski definition) is 7. The molecule has 1 unspecified atom stereocenters. The van der Waals surface area contributed by atoms with Crippen LogP contribution in [0.5, 0.6) is 17.2 Å². The minimum absolute atomic E-state index is 0.0244. The van der Waals surface area contributed by atoms with Crippen LogP contribution in [0.15, 0.2) is 66.2 Å². The number of nitrogens with zero attached hydrogens (tertiary/aromatic N) is 2. The second-order valence-electron chi connectivity index (χ2n) is 10.3. The van der Waals surface area contributed by atoms with Crippen LogP contribution in [0.25, 0.3) is 5.76 Å². The number of Topliss-reactive ketones (excluding diaryl/α,β-unsaturated/α-hetero) is 1. The summed E-state index contributed by atoms with van der Waals surface area (Å²) in [4.78, 5) is 30.7. The van der Waals surface area contributed by atoms with Crippen LogP contribution in [0.3, 0.4) is 0 Å². The van der Waals surface area contributed by atoms with Crippen LogP contribution in [0.4, 0.5) is 11.4 Å². The first-order valence-corrected chi connectivity index (χ1v) is 13.5. The molecule has 8 heteroatoms. The van der Waals surface area contributed by atoms with E-state index < -0.39 is 17.7 Å². The van der Waals surface area contributed by atoms with E-state index in [1.54, 1.807) is 30.3 Å². The molecule has 0 saturated carbocycles. The summed E-state index contributed by atoms with van der Waals surface area (Å²) >= 11 is 0. The second kappa shape index (κ2) is 11.0. The molecule has 2 aliphatic heterocycles. The Labute approximate surface area is 234 Å². The Morgan fingerprint density at radius 3 is 2.35 bits per heavy atom. The highest BCUT2D eigenvalue weighted by atomic mass is 16.6. The van der Waals surface area contributed by atoms with Gasteiger partial charge < -0.3 is 24.2 Å². The number of aliphatic hydroxyl groups excluding tert-OH is 1. The molecule has 5 rings (SSSR count). The maximum absolute atomic E-state index is 13.6.